The molecule has 0 unspecified atom stereocenters. The Morgan fingerprint density at radius 3 is 2.52 bits per heavy atom. The Bertz CT molecular complexity index is 1160. The molecule has 0 atom stereocenters. The van der Waals surface area contributed by atoms with Crippen LogP contribution in [0.5, 0.6) is 5.75 Å². The summed E-state index contributed by atoms with van der Waals surface area (Å²) in [6.45, 7) is 0.595. The van der Waals surface area contributed by atoms with Gasteiger partial charge in [0.05, 0.1) is 24.2 Å². The number of aromatic nitrogens is 1. The Morgan fingerprint density at radius 1 is 0.871 bits per heavy atom. The minimum Gasteiger partial charge on any atom is -0.487 e. The molecular weight excluding hydrogens is 388 g/mol. The van der Waals surface area contributed by atoms with Crippen LogP contribution in [0.1, 0.15) is 16.8 Å². The summed E-state index contributed by atoms with van der Waals surface area (Å²) in [5.41, 5.74) is 3.63. The summed E-state index contributed by atoms with van der Waals surface area (Å²) in [5.74, 6) is 0.318. The molecule has 0 aliphatic heterocycles. The third kappa shape index (κ3) is 5.68. The van der Waals surface area contributed by atoms with Crippen molar-refractivity contribution in [2.45, 2.75) is 19.4 Å². The van der Waals surface area contributed by atoms with Gasteiger partial charge in [-0.25, -0.2) is 10.0 Å². The molecule has 1 aromatic heterocycles. The van der Waals surface area contributed by atoms with Gasteiger partial charge in [0, 0.05) is 5.39 Å². The van der Waals surface area contributed by atoms with E-state index in [0.29, 0.717) is 18.8 Å². The predicted octanol–water partition coefficient (Wildman–Crippen LogP) is 4.82. The van der Waals surface area contributed by atoms with Gasteiger partial charge in [-0.1, -0.05) is 66.7 Å². The molecule has 156 valence electrons. The van der Waals surface area contributed by atoms with Crippen LogP contribution in [0.15, 0.2) is 91.0 Å². The number of hydrogen-bond acceptors (Lipinski definition) is 4. The van der Waals surface area contributed by atoms with E-state index < -0.39 is 0 Å². The summed E-state index contributed by atoms with van der Waals surface area (Å²) in [4.78, 5) is 17.0. The Hall–Kier alpha value is -3.70. The van der Waals surface area contributed by atoms with E-state index >= 15 is 0 Å². The second kappa shape index (κ2) is 9.87. The number of rotatable bonds is 8. The Balaban J connectivity index is 1.32. The van der Waals surface area contributed by atoms with Crippen molar-refractivity contribution in [3.63, 3.8) is 0 Å². The molecule has 31 heavy (non-hydrogen) atoms. The first kappa shape index (κ1) is 20.6. The minimum atomic E-state index is -0.343. The highest BCUT2D eigenvalue weighted by atomic mass is 16.5. The molecule has 4 aromatic rings. The standard InChI is InChI=1S/C26H24N2O3/c29-26(28(30)16-15-20-7-2-1-3-8-20)18-21-9-6-11-24(17-21)31-19-23-14-13-22-10-4-5-12-25(22)27-23/h1-14,17,30H,15-16,18-19H2. The van der Waals surface area contributed by atoms with Crippen molar-refractivity contribution in [3.8, 4) is 5.75 Å². The van der Waals surface area contributed by atoms with Gasteiger partial charge < -0.3 is 4.74 Å². The number of nitrogens with zero attached hydrogens (tertiary/aromatic N) is 2. The molecule has 0 fully saturated rings. The zero-order chi connectivity index (χ0) is 21.5. The summed E-state index contributed by atoms with van der Waals surface area (Å²) in [5, 5.41) is 12.0. The van der Waals surface area contributed by atoms with Crippen molar-refractivity contribution in [1.29, 1.82) is 0 Å². The fourth-order valence-electron chi connectivity index (χ4n) is 3.36. The number of amides is 1. The predicted molar refractivity (Wildman–Crippen MR) is 120 cm³/mol. The highest BCUT2D eigenvalue weighted by Gasteiger charge is 2.12. The summed E-state index contributed by atoms with van der Waals surface area (Å²) >= 11 is 0. The van der Waals surface area contributed by atoms with Crippen molar-refractivity contribution in [3.05, 3.63) is 108 Å². The average molecular weight is 412 g/mol. The first-order valence-electron chi connectivity index (χ1n) is 10.3. The van der Waals surface area contributed by atoms with Crippen molar-refractivity contribution in [1.82, 2.24) is 10.0 Å². The fourth-order valence-corrected chi connectivity index (χ4v) is 3.36. The van der Waals surface area contributed by atoms with Crippen LogP contribution in [-0.2, 0) is 24.2 Å². The van der Waals surface area contributed by atoms with E-state index in [1.54, 1.807) is 0 Å². The lowest BCUT2D eigenvalue weighted by molar-refractivity contribution is -0.164. The van der Waals surface area contributed by atoms with Gasteiger partial charge in [-0.3, -0.25) is 10.0 Å². The largest absolute Gasteiger partial charge is 0.487 e. The van der Waals surface area contributed by atoms with Crippen molar-refractivity contribution < 1.29 is 14.7 Å². The molecule has 0 radical (unpaired) electrons. The first-order chi connectivity index (χ1) is 15.2. The van der Waals surface area contributed by atoms with Gasteiger partial charge in [-0.15, -0.1) is 0 Å². The van der Waals surface area contributed by atoms with E-state index in [9.17, 15) is 10.0 Å². The van der Waals surface area contributed by atoms with Crippen LogP contribution in [0, 0.1) is 0 Å². The van der Waals surface area contributed by atoms with Crippen LogP contribution >= 0.6 is 0 Å². The number of hydrogen-bond donors (Lipinski definition) is 1. The molecule has 0 bridgehead atoms. The molecule has 0 saturated heterocycles. The molecule has 0 spiro atoms. The third-order valence-corrected chi connectivity index (χ3v) is 5.04. The normalized spacial score (nSPS) is 10.7. The highest BCUT2D eigenvalue weighted by Crippen LogP contribution is 2.17. The van der Waals surface area contributed by atoms with Gasteiger partial charge in [0.2, 0.25) is 5.91 Å². The van der Waals surface area contributed by atoms with Gasteiger partial charge in [0.15, 0.2) is 0 Å². The van der Waals surface area contributed by atoms with Crippen molar-refractivity contribution >= 4 is 16.8 Å². The molecule has 1 N–H and O–H groups in total. The van der Waals surface area contributed by atoms with E-state index in [0.717, 1.165) is 32.8 Å². The third-order valence-electron chi connectivity index (χ3n) is 5.04. The van der Waals surface area contributed by atoms with E-state index in [4.69, 9.17) is 4.74 Å². The average Bonchev–Trinajstić information content (AvgIpc) is 2.82. The molecule has 0 aliphatic carbocycles. The SMILES string of the molecule is O=C(Cc1cccc(OCc2ccc3ccccc3n2)c1)N(O)CCc1ccccc1. The maximum absolute atomic E-state index is 12.4. The molecule has 1 amide bonds. The maximum Gasteiger partial charge on any atom is 0.250 e. The van der Waals surface area contributed by atoms with E-state index in [1.807, 2.05) is 91.0 Å². The number of carbonyl (C=O) groups is 1. The van der Waals surface area contributed by atoms with Crippen LogP contribution < -0.4 is 4.74 Å². The highest BCUT2D eigenvalue weighted by molar-refractivity contribution is 5.78. The molecular formula is C26H24N2O3. The number of hydroxylamine groups is 2. The second-order valence-electron chi connectivity index (χ2n) is 7.36. The van der Waals surface area contributed by atoms with Crippen LogP contribution in [-0.4, -0.2) is 27.7 Å². The lowest BCUT2D eigenvalue weighted by atomic mass is 10.1. The zero-order valence-electron chi connectivity index (χ0n) is 17.1. The van der Waals surface area contributed by atoms with Gasteiger partial charge in [-0.2, -0.15) is 0 Å². The van der Waals surface area contributed by atoms with Crippen LogP contribution in [0.2, 0.25) is 0 Å². The van der Waals surface area contributed by atoms with Crippen molar-refractivity contribution in [2.24, 2.45) is 0 Å². The summed E-state index contributed by atoms with van der Waals surface area (Å²) in [6.07, 6.45) is 0.710. The van der Waals surface area contributed by atoms with E-state index in [2.05, 4.69) is 4.98 Å². The lowest BCUT2D eigenvalue weighted by Gasteiger charge is -2.15. The summed E-state index contributed by atoms with van der Waals surface area (Å²) < 4.78 is 5.88. The Morgan fingerprint density at radius 2 is 1.65 bits per heavy atom. The molecule has 0 aliphatic rings. The molecule has 5 nitrogen and oxygen atoms in total. The molecule has 3 aromatic carbocycles. The fraction of sp³-hybridized carbons (Fsp3) is 0.154. The molecule has 5 heteroatoms. The van der Waals surface area contributed by atoms with E-state index in [-0.39, 0.29) is 18.9 Å². The minimum absolute atomic E-state index is 0.108. The van der Waals surface area contributed by atoms with Crippen LogP contribution in [0.4, 0.5) is 0 Å². The van der Waals surface area contributed by atoms with Gasteiger partial charge in [0.25, 0.3) is 0 Å². The second-order valence-corrected chi connectivity index (χ2v) is 7.36. The first-order valence-corrected chi connectivity index (χ1v) is 10.3. The lowest BCUT2D eigenvalue weighted by Crippen LogP contribution is -2.30. The van der Waals surface area contributed by atoms with Crippen LogP contribution in [0.25, 0.3) is 10.9 Å². The number of fused-ring (bicyclic) bond motifs is 1. The topological polar surface area (TPSA) is 62.7 Å². The molecule has 1 heterocycles. The smallest absolute Gasteiger partial charge is 0.250 e. The quantitative estimate of drug-likeness (QED) is 0.333. The summed E-state index contributed by atoms with van der Waals surface area (Å²) in [6, 6.07) is 29.1. The number of benzene rings is 3. The number of para-hydroxylation sites is 1. The molecule has 0 saturated carbocycles. The maximum atomic E-state index is 12.4. The van der Waals surface area contributed by atoms with E-state index in [1.165, 1.54) is 0 Å². The number of ether oxygens (including phenoxy) is 1. The van der Waals surface area contributed by atoms with Crippen molar-refractivity contribution in [2.75, 3.05) is 6.54 Å². The number of carbonyl (C=O) groups excluding carboxylic acids is 1. The van der Waals surface area contributed by atoms with Gasteiger partial charge >= 0.3 is 0 Å². The van der Waals surface area contributed by atoms with Crippen LogP contribution in [0.3, 0.4) is 0 Å². The van der Waals surface area contributed by atoms with Gasteiger partial charge in [0.1, 0.15) is 12.4 Å². The monoisotopic (exact) mass is 412 g/mol. The Kier molecular flexibility index (Phi) is 6.55. The summed E-state index contributed by atoms with van der Waals surface area (Å²) in [7, 11) is 0. The molecule has 4 rings (SSSR count). The Labute approximate surface area is 181 Å². The zero-order valence-corrected chi connectivity index (χ0v) is 17.1. The van der Waals surface area contributed by atoms with Gasteiger partial charge in [-0.05, 0) is 41.8 Å². The number of pyridine rings is 1.